The van der Waals surface area contributed by atoms with Crippen LogP contribution in [-0.2, 0) is 24.2 Å². The van der Waals surface area contributed by atoms with Crippen LogP contribution in [0.1, 0.15) is 38.5 Å². The summed E-state index contributed by atoms with van der Waals surface area (Å²) >= 11 is 1.59. The number of nitrogens with one attached hydrogen (secondary N) is 1. The van der Waals surface area contributed by atoms with E-state index in [1.807, 2.05) is 53.5 Å². The zero-order valence-corrected chi connectivity index (χ0v) is 23.5. The molecule has 218 valence electrons. The van der Waals surface area contributed by atoms with Gasteiger partial charge in [0.15, 0.2) is 5.13 Å². The minimum absolute atomic E-state index is 0.152. The van der Waals surface area contributed by atoms with Crippen LogP contribution in [0, 0.1) is 11.3 Å². The number of aryl methyl sites for hydroxylation is 1. The molecular formula is C29H27F3N6O3S. The number of carboxylic acid groups (broad SMARTS) is 1. The maximum atomic E-state index is 12.9. The Kier molecular flexibility index (Phi) is 9.39. The van der Waals surface area contributed by atoms with Gasteiger partial charge in [0.05, 0.1) is 30.1 Å². The van der Waals surface area contributed by atoms with E-state index in [9.17, 15) is 18.0 Å². The lowest BCUT2D eigenvalue weighted by molar-refractivity contribution is -0.192. The van der Waals surface area contributed by atoms with Crippen molar-refractivity contribution in [2.75, 3.05) is 19.4 Å². The number of amides is 1. The molecule has 2 aromatic heterocycles. The van der Waals surface area contributed by atoms with E-state index in [1.165, 1.54) is 4.88 Å². The van der Waals surface area contributed by atoms with Gasteiger partial charge in [-0.2, -0.15) is 23.5 Å². The Hall–Kier alpha value is -4.54. The minimum atomic E-state index is -5.08. The summed E-state index contributed by atoms with van der Waals surface area (Å²) < 4.78 is 33.6. The van der Waals surface area contributed by atoms with Crippen LogP contribution in [0.2, 0.25) is 0 Å². The van der Waals surface area contributed by atoms with Crippen molar-refractivity contribution in [2.45, 2.75) is 38.0 Å². The van der Waals surface area contributed by atoms with Gasteiger partial charge in [0.25, 0.3) is 5.91 Å². The molecule has 0 aliphatic heterocycles. The van der Waals surface area contributed by atoms with Crippen LogP contribution in [0.3, 0.4) is 0 Å². The van der Waals surface area contributed by atoms with Gasteiger partial charge in [-0.3, -0.25) is 14.8 Å². The van der Waals surface area contributed by atoms with Crippen LogP contribution in [0.4, 0.5) is 18.3 Å². The number of carboxylic acids is 1. The summed E-state index contributed by atoms with van der Waals surface area (Å²) in [4.78, 5) is 30.1. The van der Waals surface area contributed by atoms with E-state index in [2.05, 4.69) is 40.5 Å². The predicted octanol–water partition coefficient (Wildman–Crippen LogP) is 5.23. The summed E-state index contributed by atoms with van der Waals surface area (Å²) in [5.41, 5.74) is 5.32. The van der Waals surface area contributed by atoms with Crippen molar-refractivity contribution >= 4 is 28.3 Å². The van der Waals surface area contributed by atoms with Crippen LogP contribution >= 0.6 is 11.3 Å². The van der Waals surface area contributed by atoms with Crippen molar-refractivity contribution in [2.24, 2.45) is 0 Å². The Labute approximate surface area is 243 Å². The van der Waals surface area contributed by atoms with Gasteiger partial charge in [0.1, 0.15) is 0 Å². The number of carbonyl (C=O) groups excluding carboxylic acids is 1. The summed E-state index contributed by atoms with van der Waals surface area (Å²) in [6.45, 7) is 0.550. The van der Waals surface area contributed by atoms with Gasteiger partial charge in [-0.15, -0.1) is 11.3 Å². The number of halogens is 3. The number of anilines is 1. The fraction of sp³-hybridized carbons (Fsp3) is 0.276. The maximum Gasteiger partial charge on any atom is 0.490 e. The molecule has 13 heteroatoms. The second kappa shape index (κ2) is 13.0. The molecule has 2 heterocycles. The van der Waals surface area contributed by atoms with Crippen LogP contribution in [0.15, 0.2) is 60.9 Å². The van der Waals surface area contributed by atoms with E-state index in [0.717, 1.165) is 41.6 Å². The van der Waals surface area contributed by atoms with E-state index in [1.54, 1.807) is 23.5 Å². The summed E-state index contributed by atoms with van der Waals surface area (Å²) in [6.07, 6.45) is 1.73. The van der Waals surface area contributed by atoms with Crippen LogP contribution in [0.25, 0.3) is 11.1 Å². The SMILES string of the molecule is CN(C)[C@H]1CCc2nc(NC(=O)c3cccc(Cn4cc(-c5ccc(C#N)cc5)cn4)c3)sc2C1.O=C(O)C(F)(F)F. The zero-order valence-electron chi connectivity index (χ0n) is 22.7. The smallest absolute Gasteiger partial charge is 0.475 e. The molecule has 1 aliphatic carbocycles. The molecule has 0 radical (unpaired) electrons. The Morgan fingerprint density at radius 2 is 1.90 bits per heavy atom. The first-order chi connectivity index (χ1) is 19.9. The topological polar surface area (TPSA) is 124 Å². The highest BCUT2D eigenvalue weighted by Gasteiger charge is 2.38. The molecule has 0 spiro atoms. The number of aliphatic carboxylic acids is 1. The standard InChI is InChI=1S/C27H26N6OS.C2HF3O2/c1-32(2)23-10-11-24-25(13-23)35-27(30-24)31-26(34)21-5-3-4-19(12-21)16-33-17-22(15-29-33)20-8-6-18(14-28)7-9-20;3-2(4,5)1(6)7/h3-9,12,15,17,23H,10-11,13,16H2,1-2H3,(H,30,31,34);(H,6,7)/t23-;/m0./s1. The molecule has 0 bridgehead atoms. The molecule has 9 nitrogen and oxygen atoms in total. The van der Waals surface area contributed by atoms with Crippen molar-refractivity contribution in [1.82, 2.24) is 19.7 Å². The van der Waals surface area contributed by atoms with Gasteiger partial charge >= 0.3 is 12.1 Å². The quantitative estimate of drug-likeness (QED) is 0.312. The molecule has 0 unspecified atom stereocenters. The third-order valence-corrected chi connectivity index (χ3v) is 7.66. The minimum Gasteiger partial charge on any atom is -0.475 e. The molecule has 1 amide bonds. The van der Waals surface area contributed by atoms with Crippen LogP contribution < -0.4 is 5.32 Å². The molecule has 0 fully saturated rings. The van der Waals surface area contributed by atoms with Gasteiger partial charge in [-0.1, -0.05) is 24.3 Å². The first-order valence-corrected chi connectivity index (χ1v) is 13.6. The highest BCUT2D eigenvalue weighted by Crippen LogP contribution is 2.31. The second-order valence-electron chi connectivity index (χ2n) is 9.82. The number of aromatic nitrogens is 3. The van der Waals surface area contributed by atoms with Crippen molar-refractivity contribution in [3.05, 3.63) is 88.2 Å². The molecular weight excluding hydrogens is 569 g/mol. The number of hydrogen-bond acceptors (Lipinski definition) is 7. The zero-order chi connectivity index (χ0) is 30.4. The molecule has 1 atom stereocenters. The average molecular weight is 597 g/mol. The van der Waals surface area contributed by atoms with Gasteiger partial charge in [-0.25, -0.2) is 9.78 Å². The van der Waals surface area contributed by atoms with Crippen LogP contribution in [0.5, 0.6) is 0 Å². The van der Waals surface area contributed by atoms with E-state index in [-0.39, 0.29) is 5.91 Å². The number of nitriles is 1. The molecule has 0 saturated carbocycles. The fourth-order valence-corrected chi connectivity index (χ4v) is 5.43. The molecule has 2 N–H and O–H groups in total. The molecule has 1 aliphatic rings. The van der Waals surface area contributed by atoms with Gasteiger partial charge in [0, 0.05) is 28.2 Å². The molecule has 4 aromatic rings. The second-order valence-corrected chi connectivity index (χ2v) is 10.9. The van der Waals surface area contributed by atoms with Gasteiger partial charge in [-0.05, 0) is 68.8 Å². The molecule has 2 aromatic carbocycles. The Balaban J connectivity index is 0.000000517. The number of likely N-dealkylation sites (N-methyl/N-ethyl adjacent to an activating group) is 1. The maximum absolute atomic E-state index is 12.9. The molecule has 5 rings (SSSR count). The number of nitrogens with zero attached hydrogens (tertiary/aromatic N) is 5. The molecule has 42 heavy (non-hydrogen) atoms. The third-order valence-electron chi connectivity index (χ3n) is 6.62. The highest BCUT2D eigenvalue weighted by atomic mass is 32.1. The number of fused-ring (bicyclic) bond motifs is 1. The number of thiazole rings is 1. The lowest BCUT2D eigenvalue weighted by Crippen LogP contribution is -2.32. The van der Waals surface area contributed by atoms with Crippen molar-refractivity contribution in [1.29, 1.82) is 5.26 Å². The lowest BCUT2D eigenvalue weighted by Gasteiger charge is -2.27. The number of carbonyl (C=O) groups is 2. The summed E-state index contributed by atoms with van der Waals surface area (Å²) in [7, 11) is 4.23. The van der Waals surface area contributed by atoms with Crippen LogP contribution in [-0.4, -0.2) is 63.0 Å². The first kappa shape index (κ1) is 30.4. The van der Waals surface area contributed by atoms with Crippen molar-refractivity contribution < 1.29 is 27.9 Å². The number of benzene rings is 2. The average Bonchev–Trinajstić information content (AvgIpc) is 3.59. The summed E-state index contributed by atoms with van der Waals surface area (Å²) in [6, 6.07) is 17.7. The van der Waals surface area contributed by atoms with E-state index < -0.39 is 12.1 Å². The van der Waals surface area contributed by atoms with Gasteiger partial charge < -0.3 is 10.0 Å². The largest absolute Gasteiger partial charge is 0.490 e. The monoisotopic (exact) mass is 596 g/mol. The number of alkyl halides is 3. The number of hydrogen-bond donors (Lipinski definition) is 2. The molecule has 0 saturated heterocycles. The normalized spacial score (nSPS) is 14.4. The fourth-order valence-electron chi connectivity index (χ4n) is 4.36. The van der Waals surface area contributed by atoms with E-state index in [0.29, 0.717) is 28.8 Å². The summed E-state index contributed by atoms with van der Waals surface area (Å²) in [5, 5.41) is 24.2. The Morgan fingerprint density at radius 3 is 2.55 bits per heavy atom. The highest BCUT2D eigenvalue weighted by molar-refractivity contribution is 7.15. The Bertz CT molecular complexity index is 1610. The van der Waals surface area contributed by atoms with Crippen molar-refractivity contribution in [3.8, 4) is 17.2 Å². The Morgan fingerprint density at radius 1 is 1.19 bits per heavy atom. The lowest BCUT2D eigenvalue weighted by atomic mass is 9.97. The van der Waals surface area contributed by atoms with E-state index in [4.69, 9.17) is 15.2 Å². The van der Waals surface area contributed by atoms with Crippen molar-refractivity contribution in [3.63, 3.8) is 0 Å². The number of rotatable bonds is 6. The van der Waals surface area contributed by atoms with Gasteiger partial charge in [0.2, 0.25) is 0 Å². The predicted molar refractivity (Wildman–Crippen MR) is 151 cm³/mol. The first-order valence-electron chi connectivity index (χ1n) is 12.8. The third kappa shape index (κ3) is 7.80. The van der Waals surface area contributed by atoms with E-state index >= 15 is 0 Å². The summed E-state index contributed by atoms with van der Waals surface area (Å²) in [5.74, 6) is -2.91.